The van der Waals surface area contributed by atoms with Gasteiger partial charge in [-0.2, -0.15) is 0 Å². The number of aliphatic hydroxyl groups excluding tert-OH is 1. The predicted molar refractivity (Wildman–Crippen MR) is 140 cm³/mol. The third-order valence-electron chi connectivity index (χ3n) is 6.95. The maximum Gasteiger partial charge on any atom is 0.164 e. The lowest BCUT2D eigenvalue weighted by Gasteiger charge is -2.36. The first-order valence-corrected chi connectivity index (χ1v) is 13.1. The van der Waals surface area contributed by atoms with E-state index in [0.717, 1.165) is 56.7 Å². The van der Waals surface area contributed by atoms with Gasteiger partial charge in [0.05, 0.1) is 12.7 Å². The number of rotatable bonds is 11. The Balaban J connectivity index is 1.20. The predicted octanol–water partition coefficient (Wildman–Crippen LogP) is 5.32. The van der Waals surface area contributed by atoms with Crippen LogP contribution in [0.1, 0.15) is 36.3 Å². The average molecular weight is 517 g/mol. The van der Waals surface area contributed by atoms with Crippen molar-refractivity contribution < 1.29 is 18.6 Å². The molecule has 4 rings (SSSR count). The molecular formula is C29H35ClF2N2O2. The Morgan fingerprint density at radius 1 is 0.889 bits per heavy atom. The first kappa shape index (κ1) is 27.0. The topological polar surface area (TPSA) is 35.9 Å². The zero-order valence-corrected chi connectivity index (χ0v) is 21.3. The first-order chi connectivity index (χ1) is 17.4. The SMILES string of the molecule is OC(COC1(Cl)C=CC=CC1)CN1CCN(CCCC(c2ccc(F)cc2)c2ccc(F)cc2)CC1. The van der Waals surface area contributed by atoms with Gasteiger partial charge in [0.15, 0.2) is 5.06 Å². The summed E-state index contributed by atoms with van der Waals surface area (Å²) in [5.41, 5.74) is 2.09. The highest BCUT2D eigenvalue weighted by Gasteiger charge is 2.27. The van der Waals surface area contributed by atoms with E-state index in [9.17, 15) is 13.9 Å². The van der Waals surface area contributed by atoms with E-state index in [1.165, 1.54) is 24.3 Å². The lowest BCUT2D eigenvalue weighted by Crippen LogP contribution is -2.49. The molecule has 4 nitrogen and oxygen atoms in total. The van der Waals surface area contributed by atoms with Crippen molar-refractivity contribution in [3.63, 3.8) is 0 Å². The highest BCUT2D eigenvalue weighted by atomic mass is 35.5. The highest BCUT2D eigenvalue weighted by Crippen LogP contribution is 2.30. The maximum atomic E-state index is 13.5. The van der Waals surface area contributed by atoms with Gasteiger partial charge in [0.25, 0.3) is 0 Å². The molecule has 2 aromatic carbocycles. The molecule has 1 saturated heterocycles. The molecule has 194 valence electrons. The Kier molecular flexibility index (Phi) is 9.68. The van der Waals surface area contributed by atoms with Crippen LogP contribution in [0.25, 0.3) is 0 Å². The summed E-state index contributed by atoms with van der Waals surface area (Å²) in [6.07, 6.45) is 9.47. The highest BCUT2D eigenvalue weighted by molar-refractivity contribution is 6.24. The second kappa shape index (κ2) is 12.9. The molecule has 1 fully saturated rings. The van der Waals surface area contributed by atoms with Gasteiger partial charge >= 0.3 is 0 Å². The van der Waals surface area contributed by atoms with Crippen molar-refractivity contribution in [2.24, 2.45) is 0 Å². The molecule has 36 heavy (non-hydrogen) atoms. The molecule has 1 heterocycles. The van der Waals surface area contributed by atoms with E-state index in [0.29, 0.717) is 13.0 Å². The fraction of sp³-hybridized carbons (Fsp3) is 0.448. The molecule has 2 atom stereocenters. The van der Waals surface area contributed by atoms with E-state index in [-0.39, 0.29) is 24.2 Å². The summed E-state index contributed by atoms with van der Waals surface area (Å²) in [7, 11) is 0. The molecule has 0 amide bonds. The number of allylic oxidation sites excluding steroid dienone is 2. The number of aliphatic hydroxyl groups is 1. The number of halogens is 3. The van der Waals surface area contributed by atoms with E-state index < -0.39 is 11.2 Å². The lowest BCUT2D eigenvalue weighted by atomic mass is 9.87. The molecule has 2 aliphatic rings. The maximum absolute atomic E-state index is 13.5. The number of alkyl halides is 1. The zero-order chi connectivity index (χ0) is 25.4. The van der Waals surface area contributed by atoms with Crippen LogP contribution in [-0.2, 0) is 4.74 Å². The van der Waals surface area contributed by atoms with Gasteiger partial charge in [-0.05, 0) is 60.9 Å². The minimum absolute atomic E-state index is 0.0994. The molecule has 0 radical (unpaired) electrons. The molecule has 2 unspecified atom stereocenters. The summed E-state index contributed by atoms with van der Waals surface area (Å²) in [6.45, 7) is 5.41. The van der Waals surface area contributed by atoms with Crippen molar-refractivity contribution in [2.45, 2.75) is 36.3 Å². The molecule has 1 aliphatic heterocycles. The smallest absolute Gasteiger partial charge is 0.164 e. The van der Waals surface area contributed by atoms with E-state index >= 15 is 0 Å². The number of benzene rings is 2. The van der Waals surface area contributed by atoms with Crippen molar-refractivity contribution in [1.82, 2.24) is 9.80 Å². The largest absolute Gasteiger partial charge is 0.389 e. The van der Waals surface area contributed by atoms with Gasteiger partial charge in [0.2, 0.25) is 0 Å². The molecule has 0 bridgehead atoms. The van der Waals surface area contributed by atoms with Gasteiger partial charge in [-0.25, -0.2) is 8.78 Å². The fourth-order valence-corrected chi connectivity index (χ4v) is 5.12. The van der Waals surface area contributed by atoms with Gasteiger partial charge in [-0.15, -0.1) is 0 Å². The standard InChI is InChI=1S/C29H35ClF2N2O2/c30-29(14-2-1-3-15-29)36-22-27(35)21-34-19-17-33(18-20-34)16-4-5-28(23-6-10-25(31)11-7-23)24-8-12-26(32)13-9-24/h1-3,6-14,27-28,35H,4-5,15-22H2. The summed E-state index contributed by atoms with van der Waals surface area (Å²) in [5.74, 6) is -0.407. The normalized spacial score (nSPS) is 21.8. The minimum Gasteiger partial charge on any atom is -0.389 e. The van der Waals surface area contributed by atoms with Crippen LogP contribution in [0.2, 0.25) is 0 Å². The molecule has 1 aliphatic carbocycles. The minimum atomic E-state index is -0.853. The molecule has 2 aromatic rings. The summed E-state index contributed by atoms with van der Waals surface area (Å²) in [6, 6.07) is 13.2. The van der Waals surface area contributed by atoms with E-state index in [1.54, 1.807) is 0 Å². The second-order valence-corrected chi connectivity index (χ2v) is 10.3. The molecule has 0 saturated carbocycles. The number of β-amino-alcohol motifs (C(OH)–C–C–N with tert-alkyl or cyclic N) is 1. The number of piperazine rings is 1. The van der Waals surface area contributed by atoms with Gasteiger partial charge in [0.1, 0.15) is 11.6 Å². The Hall–Kier alpha value is -2.09. The average Bonchev–Trinajstić information content (AvgIpc) is 2.88. The van der Waals surface area contributed by atoms with Crippen LogP contribution in [0.3, 0.4) is 0 Å². The van der Waals surface area contributed by atoms with E-state index in [2.05, 4.69) is 9.80 Å². The lowest BCUT2D eigenvalue weighted by molar-refractivity contribution is -0.0259. The van der Waals surface area contributed by atoms with Crippen LogP contribution >= 0.6 is 11.6 Å². The Bertz CT molecular complexity index is 961. The summed E-state index contributed by atoms with van der Waals surface area (Å²) >= 11 is 6.42. The molecule has 1 N–H and O–H groups in total. The summed E-state index contributed by atoms with van der Waals surface area (Å²) in [4.78, 5) is 4.71. The summed E-state index contributed by atoms with van der Waals surface area (Å²) < 4.78 is 32.7. The van der Waals surface area contributed by atoms with Gasteiger partial charge in [-0.1, -0.05) is 54.1 Å². The fourth-order valence-electron chi connectivity index (χ4n) is 4.90. The van der Waals surface area contributed by atoms with Crippen molar-refractivity contribution in [1.29, 1.82) is 0 Å². The quantitative estimate of drug-likeness (QED) is 0.410. The molecular weight excluding hydrogens is 482 g/mol. The monoisotopic (exact) mass is 516 g/mol. The zero-order valence-electron chi connectivity index (χ0n) is 20.5. The van der Waals surface area contributed by atoms with Gasteiger partial charge in [-0.3, -0.25) is 4.90 Å². The first-order valence-electron chi connectivity index (χ1n) is 12.7. The molecule has 0 spiro atoms. The van der Waals surface area contributed by atoms with Crippen LogP contribution in [-0.4, -0.2) is 71.9 Å². The number of nitrogens with zero attached hydrogens (tertiary/aromatic N) is 2. The third kappa shape index (κ3) is 7.95. The van der Waals surface area contributed by atoms with E-state index in [4.69, 9.17) is 16.3 Å². The Morgan fingerprint density at radius 2 is 1.47 bits per heavy atom. The number of ether oxygens (including phenoxy) is 1. The summed E-state index contributed by atoms with van der Waals surface area (Å²) in [5, 5.41) is 9.58. The Morgan fingerprint density at radius 3 is 2.03 bits per heavy atom. The number of hydrogen-bond acceptors (Lipinski definition) is 4. The van der Waals surface area contributed by atoms with Crippen molar-refractivity contribution in [3.8, 4) is 0 Å². The van der Waals surface area contributed by atoms with Crippen LogP contribution in [0.15, 0.2) is 72.8 Å². The number of hydrogen-bond donors (Lipinski definition) is 1. The van der Waals surface area contributed by atoms with Crippen LogP contribution in [0.5, 0.6) is 0 Å². The van der Waals surface area contributed by atoms with Crippen molar-refractivity contribution in [2.75, 3.05) is 45.9 Å². The van der Waals surface area contributed by atoms with E-state index in [1.807, 2.05) is 48.6 Å². The molecule has 7 heteroatoms. The second-order valence-electron chi connectivity index (χ2n) is 9.68. The van der Waals surface area contributed by atoms with Gasteiger partial charge in [0, 0.05) is 45.1 Å². The molecule has 0 aromatic heterocycles. The van der Waals surface area contributed by atoms with Gasteiger partial charge < -0.3 is 14.7 Å². The van der Waals surface area contributed by atoms with Crippen molar-refractivity contribution in [3.05, 3.63) is 95.6 Å². The van der Waals surface area contributed by atoms with Crippen molar-refractivity contribution >= 4 is 11.6 Å². The third-order valence-corrected chi connectivity index (χ3v) is 7.34. The Labute approximate surface area is 217 Å². The van der Waals surface area contributed by atoms with Crippen LogP contribution in [0, 0.1) is 11.6 Å². The van der Waals surface area contributed by atoms with Crippen LogP contribution in [0.4, 0.5) is 8.78 Å². The van der Waals surface area contributed by atoms with Crippen LogP contribution < -0.4 is 0 Å².